The summed E-state index contributed by atoms with van der Waals surface area (Å²) in [5.41, 5.74) is 2.96. The molecule has 1 saturated heterocycles. The van der Waals surface area contributed by atoms with Crippen LogP contribution in [0.25, 0.3) is 0 Å². The van der Waals surface area contributed by atoms with E-state index in [1.54, 1.807) is 11.3 Å². The summed E-state index contributed by atoms with van der Waals surface area (Å²) in [5.74, 6) is 0.932. The van der Waals surface area contributed by atoms with Gasteiger partial charge in [-0.15, -0.1) is 11.3 Å². The van der Waals surface area contributed by atoms with Gasteiger partial charge in [0.1, 0.15) is 11.9 Å². The molecule has 3 rings (SSSR count). The smallest absolute Gasteiger partial charge is 0.136 e. The average molecular weight is 264 g/mol. The highest BCUT2D eigenvalue weighted by molar-refractivity contribution is 7.09. The van der Waals surface area contributed by atoms with Gasteiger partial charge in [0.05, 0.1) is 12.1 Å². The monoisotopic (exact) mass is 264 g/mol. The maximum Gasteiger partial charge on any atom is 0.136 e. The number of ether oxygens (including phenoxy) is 1. The SMILES string of the molecule is Cc1cnc([C@H]2CN(Cc3cncs3)CCO2)[nH]1. The standard InChI is InChI=1S/C12H16N4OS/c1-9-4-14-12(15-9)11-7-16(2-3-17-11)6-10-5-13-8-18-10/h4-5,8,11H,2-3,6-7H2,1H3,(H,14,15)/t11-/m1/s1. The molecule has 96 valence electrons. The molecule has 0 spiro atoms. The normalized spacial score (nSPS) is 21.3. The Morgan fingerprint density at radius 1 is 1.56 bits per heavy atom. The van der Waals surface area contributed by atoms with Gasteiger partial charge in [0, 0.05) is 42.6 Å². The molecule has 1 fully saturated rings. The number of rotatable bonds is 3. The van der Waals surface area contributed by atoms with Crippen molar-refractivity contribution in [3.8, 4) is 0 Å². The summed E-state index contributed by atoms with van der Waals surface area (Å²) < 4.78 is 5.78. The minimum absolute atomic E-state index is 0.0559. The highest BCUT2D eigenvalue weighted by atomic mass is 32.1. The second-order valence-electron chi connectivity index (χ2n) is 4.51. The highest BCUT2D eigenvalue weighted by Gasteiger charge is 2.24. The van der Waals surface area contributed by atoms with Crippen LogP contribution in [0, 0.1) is 6.92 Å². The largest absolute Gasteiger partial charge is 0.368 e. The Morgan fingerprint density at radius 3 is 3.22 bits per heavy atom. The van der Waals surface area contributed by atoms with Gasteiger partial charge in [0.15, 0.2) is 0 Å². The van der Waals surface area contributed by atoms with E-state index in [9.17, 15) is 0 Å². The molecule has 1 aliphatic rings. The van der Waals surface area contributed by atoms with Crippen LogP contribution < -0.4 is 0 Å². The molecule has 0 unspecified atom stereocenters. The number of hydrogen-bond acceptors (Lipinski definition) is 5. The second kappa shape index (κ2) is 5.17. The van der Waals surface area contributed by atoms with E-state index < -0.39 is 0 Å². The molecule has 18 heavy (non-hydrogen) atoms. The number of thiazole rings is 1. The molecule has 2 aromatic heterocycles. The van der Waals surface area contributed by atoms with Crippen LogP contribution in [0.5, 0.6) is 0 Å². The van der Waals surface area contributed by atoms with E-state index in [2.05, 4.69) is 19.9 Å². The van der Waals surface area contributed by atoms with Crippen LogP contribution in [0.4, 0.5) is 0 Å². The number of nitrogens with zero attached hydrogens (tertiary/aromatic N) is 3. The lowest BCUT2D eigenvalue weighted by Crippen LogP contribution is -2.38. The van der Waals surface area contributed by atoms with Crippen molar-refractivity contribution in [1.29, 1.82) is 0 Å². The van der Waals surface area contributed by atoms with Crippen molar-refractivity contribution in [2.45, 2.75) is 19.6 Å². The van der Waals surface area contributed by atoms with Gasteiger partial charge in [0.2, 0.25) is 0 Å². The first-order chi connectivity index (χ1) is 8.81. The Balaban J connectivity index is 1.65. The molecule has 2 aromatic rings. The van der Waals surface area contributed by atoms with Crippen LogP contribution >= 0.6 is 11.3 Å². The first kappa shape index (κ1) is 11.8. The van der Waals surface area contributed by atoms with Crippen LogP contribution in [0.2, 0.25) is 0 Å². The van der Waals surface area contributed by atoms with E-state index in [4.69, 9.17) is 4.74 Å². The zero-order valence-electron chi connectivity index (χ0n) is 10.3. The first-order valence-electron chi connectivity index (χ1n) is 6.04. The quantitative estimate of drug-likeness (QED) is 0.917. The number of aryl methyl sites for hydroxylation is 1. The van der Waals surface area contributed by atoms with Gasteiger partial charge in [-0.05, 0) is 6.92 Å². The second-order valence-corrected chi connectivity index (χ2v) is 5.48. The predicted octanol–water partition coefficient (Wildman–Crippen LogP) is 1.75. The number of aromatic amines is 1. The van der Waals surface area contributed by atoms with Crippen LogP contribution in [-0.2, 0) is 11.3 Å². The van der Waals surface area contributed by atoms with Gasteiger partial charge in [-0.2, -0.15) is 0 Å². The lowest BCUT2D eigenvalue weighted by Gasteiger charge is -2.31. The van der Waals surface area contributed by atoms with Crippen LogP contribution in [0.3, 0.4) is 0 Å². The van der Waals surface area contributed by atoms with Crippen LogP contribution in [-0.4, -0.2) is 39.5 Å². The summed E-state index contributed by atoms with van der Waals surface area (Å²) >= 11 is 1.70. The first-order valence-corrected chi connectivity index (χ1v) is 6.92. The Bertz CT molecular complexity index is 496. The predicted molar refractivity (Wildman–Crippen MR) is 69.4 cm³/mol. The number of hydrogen-bond donors (Lipinski definition) is 1. The van der Waals surface area contributed by atoms with E-state index in [-0.39, 0.29) is 6.10 Å². The lowest BCUT2D eigenvalue weighted by molar-refractivity contribution is -0.0365. The molecule has 5 nitrogen and oxygen atoms in total. The molecular formula is C12H16N4OS. The number of morpholine rings is 1. The van der Waals surface area contributed by atoms with Gasteiger partial charge >= 0.3 is 0 Å². The van der Waals surface area contributed by atoms with Crippen molar-refractivity contribution in [2.24, 2.45) is 0 Å². The van der Waals surface area contributed by atoms with E-state index in [0.29, 0.717) is 0 Å². The van der Waals surface area contributed by atoms with Crippen molar-refractivity contribution in [1.82, 2.24) is 19.9 Å². The van der Waals surface area contributed by atoms with Crippen molar-refractivity contribution in [3.05, 3.63) is 34.3 Å². The molecule has 0 aromatic carbocycles. The maximum atomic E-state index is 5.78. The fourth-order valence-electron chi connectivity index (χ4n) is 2.15. The zero-order chi connectivity index (χ0) is 12.4. The Hall–Kier alpha value is -1.24. The summed E-state index contributed by atoms with van der Waals surface area (Å²) in [5, 5.41) is 0. The topological polar surface area (TPSA) is 54.0 Å². The molecule has 3 heterocycles. The molecule has 0 saturated carbocycles. The zero-order valence-corrected chi connectivity index (χ0v) is 11.1. The van der Waals surface area contributed by atoms with Gasteiger partial charge < -0.3 is 9.72 Å². The summed E-state index contributed by atoms with van der Waals surface area (Å²) in [6.45, 7) is 5.56. The highest BCUT2D eigenvalue weighted by Crippen LogP contribution is 2.21. The van der Waals surface area contributed by atoms with Crippen LogP contribution in [0.1, 0.15) is 22.5 Å². The molecule has 0 bridgehead atoms. The fourth-order valence-corrected chi connectivity index (χ4v) is 2.78. The Morgan fingerprint density at radius 2 is 2.50 bits per heavy atom. The summed E-state index contributed by atoms with van der Waals surface area (Å²) in [7, 11) is 0. The van der Waals surface area contributed by atoms with E-state index in [1.165, 1.54) is 4.88 Å². The van der Waals surface area contributed by atoms with E-state index in [1.807, 2.05) is 24.8 Å². The number of H-pyrrole nitrogens is 1. The molecule has 0 amide bonds. The minimum atomic E-state index is 0.0559. The van der Waals surface area contributed by atoms with Gasteiger partial charge in [-0.25, -0.2) is 4.98 Å². The third-order valence-corrected chi connectivity index (χ3v) is 3.81. The molecule has 6 heteroatoms. The Labute approximate surface area is 110 Å². The third kappa shape index (κ3) is 2.60. The number of imidazole rings is 1. The van der Waals surface area contributed by atoms with Gasteiger partial charge in [0.25, 0.3) is 0 Å². The van der Waals surface area contributed by atoms with E-state index in [0.717, 1.165) is 37.8 Å². The van der Waals surface area contributed by atoms with Crippen molar-refractivity contribution < 1.29 is 4.74 Å². The van der Waals surface area contributed by atoms with Crippen molar-refractivity contribution in [2.75, 3.05) is 19.7 Å². The summed E-state index contributed by atoms with van der Waals surface area (Å²) in [6.07, 6.45) is 3.84. The summed E-state index contributed by atoms with van der Waals surface area (Å²) in [4.78, 5) is 15.4. The third-order valence-electron chi connectivity index (χ3n) is 3.04. The lowest BCUT2D eigenvalue weighted by atomic mass is 10.2. The molecule has 0 radical (unpaired) electrons. The van der Waals surface area contributed by atoms with Crippen molar-refractivity contribution >= 4 is 11.3 Å². The van der Waals surface area contributed by atoms with Crippen LogP contribution in [0.15, 0.2) is 17.9 Å². The summed E-state index contributed by atoms with van der Waals surface area (Å²) in [6, 6.07) is 0. The van der Waals surface area contributed by atoms with Crippen molar-refractivity contribution in [3.63, 3.8) is 0 Å². The minimum Gasteiger partial charge on any atom is -0.368 e. The molecule has 1 N–H and O–H groups in total. The molecular weight excluding hydrogens is 248 g/mol. The fraction of sp³-hybridized carbons (Fsp3) is 0.500. The molecule has 0 aliphatic carbocycles. The Kier molecular flexibility index (Phi) is 3.40. The molecule has 1 atom stereocenters. The maximum absolute atomic E-state index is 5.78. The van der Waals surface area contributed by atoms with Gasteiger partial charge in [-0.3, -0.25) is 9.88 Å². The van der Waals surface area contributed by atoms with E-state index >= 15 is 0 Å². The molecule has 1 aliphatic heterocycles. The average Bonchev–Trinajstić information content (AvgIpc) is 3.01. The number of nitrogens with one attached hydrogen (secondary N) is 1. The van der Waals surface area contributed by atoms with Gasteiger partial charge in [-0.1, -0.05) is 0 Å². The number of aromatic nitrogens is 3.